The number of ether oxygens (including phenoxy) is 1. The summed E-state index contributed by atoms with van der Waals surface area (Å²) in [5.74, 6) is 0.831. The minimum Gasteiger partial charge on any atom is -0.493 e. The summed E-state index contributed by atoms with van der Waals surface area (Å²) in [6.07, 6.45) is 4.06. The number of hydrogen-bond donors (Lipinski definition) is 2. The van der Waals surface area contributed by atoms with Crippen LogP contribution in [-0.2, 0) is 6.42 Å². The fraction of sp³-hybridized carbons (Fsp3) is 0.200. The minimum atomic E-state index is -1.06. The van der Waals surface area contributed by atoms with Crippen LogP contribution in [0.15, 0.2) is 67.0 Å². The standard InChI is InChI=1S/C30H29N5O4/c1-4-35-27-23(29(36)34(3)25-6-5-12-32-28(25)35)15-19(17-33-27)11-13-39-26-10-8-20(14-18(26)2)21-7-9-24(31)22(16-21)30(37)38/h5-10,12,14-17H,4,11,13,31H2,1-3H3,(H,37,38). The molecule has 198 valence electrons. The van der Waals surface area contributed by atoms with Crippen LogP contribution >= 0.6 is 0 Å². The summed E-state index contributed by atoms with van der Waals surface area (Å²) < 4.78 is 6.06. The number of benzene rings is 2. The van der Waals surface area contributed by atoms with Gasteiger partial charge in [0.1, 0.15) is 11.6 Å². The Bertz CT molecular complexity index is 1590. The maximum atomic E-state index is 13.3. The molecular weight excluding hydrogens is 494 g/mol. The Morgan fingerprint density at radius 1 is 1.05 bits per heavy atom. The first-order valence-corrected chi connectivity index (χ1v) is 12.6. The summed E-state index contributed by atoms with van der Waals surface area (Å²) in [5.41, 5.74) is 10.8. The van der Waals surface area contributed by atoms with Crippen molar-refractivity contribution in [1.29, 1.82) is 0 Å². The highest BCUT2D eigenvalue weighted by Crippen LogP contribution is 2.37. The molecule has 0 radical (unpaired) electrons. The van der Waals surface area contributed by atoms with Crippen LogP contribution in [0.3, 0.4) is 0 Å². The number of nitrogens with two attached hydrogens (primary N) is 1. The highest BCUT2D eigenvalue weighted by molar-refractivity contribution is 6.12. The van der Waals surface area contributed by atoms with E-state index in [-0.39, 0.29) is 17.2 Å². The van der Waals surface area contributed by atoms with Crippen LogP contribution < -0.4 is 20.3 Å². The number of fused-ring (bicyclic) bond motifs is 2. The fourth-order valence-electron chi connectivity index (χ4n) is 4.75. The molecule has 0 saturated heterocycles. The summed E-state index contributed by atoms with van der Waals surface area (Å²) in [6, 6.07) is 16.3. The third-order valence-corrected chi connectivity index (χ3v) is 6.85. The highest BCUT2D eigenvalue weighted by Gasteiger charge is 2.30. The average molecular weight is 524 g/mol. The molecule has 3 N–H and O–H groups in total. The number of pyridine rings is 2. The van der Waals surface area contributed by atoms with Gasteiger partial charge in [0, 0.05) is 38.1 Å². The van der Waals surface area contributed by atoms with E-state index in [1.165, 1.54) is 0 Å². The van der Waals surface area contributed by atoms with Gasteiger partial charge in [-0.3, -0.25) is 4.79 Å². The van der Waals surface area contributed by atoms with E-state index in [0.717, 1.165) is 33.7 Å². The molecule has 0 spiro atoms. The monoisotopic (exact) mass is 523 g/mol. The molecule has 1 amide bonds. The van der Waals surface area contributed by atoms with Gasteiger partial charge in [-0.1, -0.05) is 12.1 Å². The van der Waals surface area contributed by atoms with Gasteiger partial charge in [-0.25, -0.2) is 14.8 Å². The molecule has 9 heteroatoms. The molecule has 39 heavy (non-hydrogen) atoms. The van der Waals surface area contributed by atoms with E-state index in [9.17, 15) is 14.7 Å². The molecule has 2 aromatic carbocycles. The zero-order valence-corrected chi connectivity index (χ0v) is 22.0. The van der Waals surface area contributed by atoms with E-state index in [1.54, 1.807) is 42.5 Å². The lowest BCUT2D eigenvalue weighted by atomic mass is 10.00. The van der Waals surface area contributed by atoms with Crippen molar-refractivity contribution < 1.29 is 19.4 Å². The first-order chi connectivity index (χ1) is 18.8. The van der Waals surface area contributed by atoms with Gasteiger partial charge in [0.05, 0.1) is 23.4 Å². The number of hydrogen-bond acceptors (Lipinski definition) is 7. The third kappa shape index (κ3) is 4.86. The van der Waals surface area contributed by atoms with Gasteiger partial charge in [0.15, 0.2) is 5.82 Å². The summed E-state index contributed by atoms with van der Waals surface area (Å²) in [4.78, 5) is 37.5. The molecule has 0 unspecified atom stereocenters. The number of aryl methyl sites for hydroxylation is 1. The SMILES string of the molecule is CCN1c2ncc(CCOc3ccc(-c4ccc(N)c(C(=O)O)c4)cc3C)cc2C(=O)N(C)c2cccnc21. The summed E-state index contributed by atoms with van der Waals surface area (Å²) in [5, 5.41) is 9.37. The first-order valence-electron chi connectivity index (χ1n) is 12.6. The van der Waals surface area contributed by atoms with Gasteiger partial charge in [-0.15, -0.1) is 0 Å². The van der Waals surface area contributed by atoms with Gasteiger partial charge >= 0.3 is 5.97 Å². The molecular formula is C30H29N5O4. The van der Waals surface area contributed by atoms with Crippen molar-refractivity contribution in [2.75, 3.05) is 35.7 Å². The molecule has 0 aliphatic carbocycles. The lowest BCUT2D eigenvalue weighted by Crippen LogP contribution is -2.25. The Hall–Kier alpha value is -4.92. The number of anilines is 4. The Morgan fingerprint density at radius 2 is 1.82 bits per heavy atom. The van der Waals surface area contributed by atoms with Crippen molar-refractivity contribution in [3.63, 3.8) is 0 Å². The average Bonchev–Trinajstić information content (AvgIpc) is 3.02. The smallest absolute Gasteiger partial charge is 0.337 e. The zero-order chi connectivity index (χ0) is 27.7. The number of rotatable bonds is 7. The fourth-order valence-corrected chi connectivity index (χ4v) is 4.75. The first kappa shape index (κ1) is 25.7. The lowest BCUT2D eigenvalue weighted by Gasteiger charge is -2.22. The molecule has 1 aliphatic rings. The molecule has 5 rings (SSSR count). The third-order valence-electron chi connectivity index (χ3n) is 6.85. The molecule has 0 saturated carbocycles. The number of carbonyl (C=O) groups is 2. The van der Waals surface area contributed by atoms with Crippen molar-refractivity contribution in [3.8, 4) is 16.9 Å². The number of aromatic nitrogens is 2. The maximum absolute atomic E-state index is 13.3. The number of nitrogens with zero attached hydrogens (tertiary/aromatic N) is 4. The van der Waals surface area contributed by atoms with Crippen LogP contribution in [0.25, 0.3) is 11.1 Å². The van der Waals surface area contributed by atoms with E-state index in [4.69, 9.17) is 10.5 Å². The summed E-state index contributed by atoms with van der Waals surface area (Å²) in [6.45, 7) is 4.97. The topological polar surface area (TPSA) is 122 Å². The normalized spacial score (nSPS) is 12.5. The number of carboxylic acids is 1. The van der Waals surface area contributed by atoms with Gasteiger partial charge in [0.25, 0.3) is 5.91 Å². The molecule has 4 aromatic rings. The Morgan fingerprint density at radius 3 is 2.56 bits per heavy atom. The van der Waals surface area contributed by atoms with Crippen molar-refractivity contribution in [1.82, 2.24) is 9.97 Å². The van der Waals surface area contributed by atoms with Crippen LogP contribution in [0, 0.1) is 6.92 Å². The van der Waals surface area contributed by atoms with Gasteiger partial charge in [-0.2, -0.15) is 0 Å². The van der Waals surface area contributed by atoms with E-state index >= 15 is 0 Å². The predicted molar refractivity (Wildman–Crippen MR) is 151 cm³/mol. The van der Waals surface area contributed by atoms with Gasteiger partial charge in [0.2, 0.25) is 0 Å². The second-order valence-electron chi connectivity index (χ2n) is 9.36. The van der Waals surface area contributed by atoms with Gasteiger partial charge in [-0.05, 0) is 78.6 Å². The Labute approximate surface area is 226 Å². The summed E-state index contributed by atoms with van der Waals surface area (Å²) in [7, 11) is 1.75. The lowest BCUT2D eigenvalue weighted by molar-refractivity contribution is 0.0698. The molecule has 3 heterocycles. The minimum absolute atomic E-state index is 0.0757. The maximum Gasteiger partial charge on any atom is 0.337 e. The molecule has 0 atom stereocenters. The zero-order valence-electron chi connectivity index (χ0n) is 22.0. The number of aromatic carboxylic acids is 1. The molecule has 0 fully saturated rings. The summed E-state index contributed by atoms with van der Waals surface area (Å²) >= 11 is 0. The van der Waals surface area contributed by atoms with Crippen molar-refractivity contribution in [2.45, 2.75) is 20.3 Å². The highest BCUT2D eigenvalue weighted by atomic mass is 16.5. The number of carbonyl (C=O) groups excluding carboxylic acids is 1. The van der Waals surface area contributed by atoms with Crippen LogP contribution in [0.1, 0.15) is 38.8 Å². The van der Waals surface area contributed by atoms with Crippen LogP contribution in [0.2, 0.25) is 0 Å². The quantitative estimate of drug-likeness (QED) is 0.321. The molecule has 2 aromatic heterocycles. The van der Waals surface area contributed by atoms with E-state index in [0.29, 0.717) is 36.8 Å². The van der Waals surface area contributed by atoms with E-state index in [1.807, 2.05) is 55.1 Å². The van der Waals surface area contributed by atoms with E-state index in [2.05, 4.69) is 9.97 Å². The molecule has 9 nitrogen and oxygen atoms in total. The van der Waals surface area contributed by atoms with Crippen molar-refractivity contribution in [3.05, 3.63) is 89.2 Å². The number of carboxylic acid groups (broad SMARTS) is 1. The van der Waals surface area contributed by atoms with E-state index < -0.39 is 5.97 Å². The van der Waals surface area contributed by atoms with Gasteiger partial charge < -0.3 is 25.4 Å². The molecule has 0 bridgehead atoms. The second kappa shape index (κ2) is 10.4. The predicted octanol–water partition coefficient (Wildman–Crippen LogP) is 5.10. The Balaban J connectivity index is 1.32. The van der Waals surface area contributed by atoms with Crippen LogP contribution in [-0.4, -0.2) is 47.2 Å². The van der Waals surface area contributed by atoms with Crippen molar-refractivity contribution >= 4 is 34.9 Å². The number of nitrogen functional groups attached to an aromatic ring is 1. The number of amides is 1. The van der Waals surface area contributed by atoms with Crippen LogP contribution in [0.4, 0.5) is 23.0 Å². The van der Waals surface area contributed by atoms with Crippen molar-refractivity contribution in [2.24, 2.45) is 0 Å². The van der Waals surface area contributed by atoms with Crippen LogP contribution in [0.5, 0.6) is 5.75 Å². The second-order valence-corrected chi connectivity index (χ2v) is 9.36. The molecule has 1 aliphatic heterocycles. The largest absolute Gasteiger partial charge is 0.493 e. The Kier molecular flexibility index (Phi) is 6.89.